The minimum absolute atomic E-state index is 0.173. The molecule has 2 heterocycles. The van der Waals surface area contributed by atoms with Gasteiger partial charge in [0.1, 0.15) is 5.82 Å². The number of halogens is 2. The highest BCUT2D eigenvalue weighted by Crippen LogP contribution is 2.55. The van der Waals surface area contributed by atoms with Gasteiger partial charge in [0.15, 0.2) is 0 Å². The highest BCUT2D eigenvalue weighted by Gasteiger charge is 2.54. The van der Waals surface area contributed by atoms with Gasteiger partial charge in [-0.25, -0.2) is 9.18 Å². The molecular formula is C23H27ClFN3O. The molecule has 29 heavy (non-hydrogen) atoms. The molecule has 2 aromatic rings. The van der Waals surface area contributed by atoms with Crippen LogP contribution in [0.2, 0.25) is 5.02 Å². The Morgan fingerprint density at radius 1 is 1.14 bits per heavy atom. The summed E-state index contributed by atoms with van der Waals surface area (Å²) in [4.78, 5) is 16.9. The molecule has 154 valence electrons. The molecule has 0 bridgehead atoms. The lowest BCUT2D eigenvalue weighted by atomic mass is 9.62. The van der Waals surface area contributed by atoms with Crippen LogP contribution < -0.4 is 5.32 Å². The van der Waals surface area contributed by atoms with Crippen molar-refractivity contribution in [1.82, 2.24) is 9.80 Å². The maximum atomic E-state index is 13.8. The second-order valence-corrected chi connectivity index (χ2v) is 8.92. The van der Waals surface area contributed by atoms with Crippen molar-refractivity contribution in [3.63, 3.8) is 0 Å². The SMILES string of the molecule is CC(C)N1CC2(CCN(C(=O)Nc3ccccc3F)CC2)C1c1ccc(Cl)cc1. The molecule has 6 heteroatoms. The van der Waals surface area contributed by atoms with Crippen LogP contribution in [-0.2, 0) is 0 Å². The summed E-state index contributed by atoms with van der Waals surface area (Å²) in [6.07, 6.45) is 1.88. The van der Waals surface area contributed by atoms with Crippen LogP contribution in [0.3, 0.4) is 0 Å². The Hall–Kier alpha value is -2.11. The number of anilines is 1. The molecule has 2 saturated heterocycles. The summed E-state index contributed by atoms with van der Waals surface area (Å²) in [7, 11) is 0. The summed E-state index contributed by atoms with van der Waals surface area (Å²) in [5, 5.41) is 3.45. The number of hydrogen-bond acceptors (Lipinski definition) is 2. The molecule has 2 aliphatic heterocycles. The van der Waals surface area contributed by atoms with E-state index in [1.54, 1.807) is 23.1 Å². The number of nitrogens with zero attached hydrogens (tertiary/aromatic N) is 2. The second-order valence-electron chi connectivity index (χ2n) is 8.48. The summed E-state index contributed by atoms with van der Waals surface area (Å²) in [6, 6.07) is 15.0. The zero-order valence-electron chi connectivity index (χ0n) is 16.9. The van der Waals surface area contributed by atoms with Crippen LogP contribution in [0, 0.1) is 11.2 Å². The predicted octanol–water partition coefficient (Wildman–Crippen LogP) is 5.56. The zero-order chi connectivity index (χ0) is 20.6. The van der Waals surface area contributed by atoms with Gasteiger partial charge in [-0.3, -0.25) is 4.90 Å². The molecule has 2 aromatic carbocycles. The number of amides is 2. The van der Waals surface area contributed by atoms with Gasteiger partial charge < -0.3 is 10.2 Å². The first kappa shape index (κ1) is 20.2. The third-order valence-corrected chi connectivity index (χ3v) is 6.67. The maximum Gasteiger partial charge on any atom is 0.321 e. The van der Waals surface area contributed by atoms with Crippen LogP contribution in [0.5, 0.6) is 0 Å². The highest BCUT2D eigenvalue weighted by molar-refractivity contribution is 6.30. The van der Waals surface area contributed by atoms with Crippen LogP contribution >= 0.6 is 11.6 Å². The monoisotopic (exact) mass is 415 g/mol. The Labute approximate surface area is 176 Å². The van der Waals surface area contributed by atoms with Crippen LogP contribution in [0.25, 0.3) is 0 Å². The third-order valence-electron chi connectivity index (χ3n) is 6.42. The Kier molecular flexibility index (Phi) is 5.54. The molecule has 0 aliphatic carbocycles. The Morgan fingerprint density at radius 2 is 1.79 bits per heavy atom. The van der Waals surface area contributed by atoms with Gasteiger partial charge in [0, 0.05) is 42.2 Å². The van der Waals surface area contributed by atoms with E-state index in [0.717, 1.165) is 24.4 Å². The van der Waals surface area contributed by atoms with Gasteiger partial charge in [-0.1, -0.05) is 35.9 Å². The van der Waals surface area contributed by atoms with Crippen LogP contribution in [-0.4, -0.2) is 41.5 Å². The van der Waals surface area contributed by atoms with Gasteiger partial charge in [-0.2, -0.15) is 0 Å². The van der Waals surface area contributed by atoms with Crippen molar-refractivity contribution in [3.8, 4) is 0 Å². The molecule has 2 aliphatic rings. The van der Waals surface area contributed by atoms with Gasteiger partial charge in [0.05, 0.1) is 5.69 Å². The van der Waals surface area contributed by atoms with Crippen molar-refractivity contribution in [2.75, 3.05) is 25.0 Å². The number of likely N-dealkylation sites (tertiary alicyclic amines) is 2. The van der Waals surface area contributed by atoms with E-state index in [9.17, 15) is 9.18 Å². The van der Waals surface area contributed by atoms with E-state index in [0.29, 0.717) is 25.2 Å². The van der Waals surface area contributed by atoms with Crippen LogP contribution in [0.4, 0.5) is 14.9 Å². The minimum atomic E-state index is -0.413. The van der Waals surface area contributed by atoms with Crippen molar-refractivity contribution in [2.45, 2.75) is 38.8 Å². The van der Waals surface area contributed by atoms with Gasteiger partial charge in [0.2, 0.25) is 0 Å². The van der Waals surface area contributed by atoms with E-state index in [1.807, 2.05) is 12.1 Å². The smallest absolute Gasteiger partial charge is 0.321 e. The lowest BCUT2D eigenvalue weighted by Gasteiger charge is -2.62. The molecule has 4 nitrogen and oxygen atoms in total. The van der Waals surface area contributed by atoms with Gasteiger partial charge in [0.25, 0.3) is 0 Å². The molecule has 1 spiro atoms. The van der Waals surface area contributed by atoms with E-state index < -0.39 is 5.82 Å². The number of carbonyl (C=O) groups is 1. The molecule has 4 rings (SSSR count). The number of urea groups is 1. The lowest BCUT2D eigenvalue weighted by Crippen LogP contribution is -2.64. The fourth-order valence-electron chi connectivity index (χ4n) is 4.80. The van der Waals surface area contributed by atoms with Crippen molar-refractivity contribution in [1.29, 1.82) is 0 Å². The standard InChI is InChI=1S/C23H27ClFN3O/c1-16(2)28-15-23(21(28)17-7-9-18(24)10-8-17)11-13-27(14-12-23)22(29)26-20-6-4-3-5-19(20)25/h3-10,16,21H,11-15H2,1-2H3,(H,26,29). The zero-order valence-corrected chi connectivity index (χ0v) is 17.6. The van der Waals surface area contributed by atoms with Crippen molar-refractivity contribution >= 4 is 23.3 Å². The number of hydrogen-bond donors (Lipinski definition) is 1. The molecule has 0 saturated carbocycles. The number of piperidine rings is 1. The topological polar surface area (TPSA) is 35.6 Å². The van der Waals surface area contributed by atoms with Crippen LogP contribution in [0.1, 0.15) is 38.3 Å². The van der Waals surface area contributed by atoms with E-state index in [2.05, 4.69) is 36.2 Å². The van der Waals surface area contributed by atoms with Crippen LogP contribution in [0.15, 0.2) is 48.5 Å². The van der Waals surface area contributed by atoms with Gasteiger partial charge in [-0.15, -0.1) is 0 Å². The normalized spacial score (nSPS) is 21.3. The van der Waals surface area contributed by atoms with Gasteiger partial charge in [-0.05, 0) is 56.5 Å². The molecule has 1 N–H and O–H groups in total. The quantitative estimate of drug-likeness (QED) is 0.712. The molecule has 2 amide bonds. The molecule has 2 fully saturated rings. The van der Waals surface area contributed by atoms with E-state index >= 15 is 0 Å². The average molecular weight is 416 g/mol. The minimum Gasteiger partial charge on any atom is -0.324 e. The summed E-state index contributed by atoms with van der Waals surface area (Å²) in [5.74, 6) is -0.413. The Bertz CT molecular complexity index is 878. The summed E-state index contributed by atoms with van der Waals surface area (Å²) in [5.41, 5.74) is 1.69. The summed E-state index contributed by atoms with van der Waals surface area (Å²) < 4.78 is 13.8. The molecule has 1 unspecified atom stereocenters. The third kappa shape index (κ3) is 3.86. The van der Waals surface area contributed by atoms with Gasteiger partial charge >= 0.3 is 6.03 Å². The van der Waals surface area contributed by atoms with E-state index in [-0.39, 0.29) is 17.1 Å². The second kappa shape index (κ2) is 7.96. The average Bonchev–Trinajstić information content (AvgIpc) is 2.70. The Balaban J connectivity index is 1.45. The first-order valence-corrected chi connectivity index (χ1v) is 10.6. The molecule has 0 radical (unpaired) electrons. The number of carbonyl (C=O) groups excluding carboxylic acids is 1. The first-order chi connectivity index (χ1) is 13.9. The first-order valence-electron chi connectivity index (χ1n) is 10.2. The maximum absolute atomic E-state index is 13.8. The van der Waals surface area contributed by atoms with E-state index in [1.165, 1.54) is 11.6 Å². The highest BCUT2D eigenvalue weighted by atomic mass is 35.5. The lowest BCUT2D eigenvalue weighted by molar-refractivity contribution is -0.123. The number of rotatable bonds is 3. The summed E-state index contributed by atoms with van der Waals surface area (Å²) in [6.45, 7) is 6.85. The van der Waals surface area contributed by atoms with Crippen molar-refractivity contribution < 1.29 is 9.18 Å². The predicted molar refractivity (Wildman–Crippen MR) is 115 cm³/mol. The summed E-state index contributed by atoms with van der Waals surface area (Å²) >= 11 is 6.09. The van der Waals surface area contributed by atoms with Crippen molar-refractivity contribution in [2.24, 2.45) is 5.41 Å². The molecular weight excluding hydrogens is 389 g/mol. The van der Waals surface area contributed by atoms with E-state index in [4.69, 9.17) is 11.6 Å². The number of para-hydroxylation sites is 1. The van der Waals surface area contributed by atoms with Crippen molar-refractivity contribution in [3.05, 3.63) is 64.9 Å². The number of benzene rings is 2. The molecule has 0 aromatic heterocycles. The fourth-order valence-corrected chi connectivity index (χ4v) is 4.92. The largest absolute Gasteiger partial charge is 0.324 e. The Morgan fingerprint density at radius 3 is 2.41 bits per heavy atom. The molecule has 1 atom stereocenters. The number of nitrogens with one attached hydrogen (secondary N) is 1. The fraction of sp³-hybridized carbons (Fsp3) is 0.435.